The molecule has 2 aromatic rings. The Morgan fingerprint density at radius 2 is 1.94 bits per heavy atom. The average molecular weight is 468 g/mol. The highest BCUT2D eigenvalue weighted by molar-refractivity contribution is 5.94. The van der Waals surface area contributed by atoms with E-state index in [0.29, 0.717) is 31.1 Å². The Morgan fingerprint density at radius 1 is 1.18 bits per heavy atom. The molecular formula is C26H37N5O3. The van der Waals surface area contributed by atoms with E-state index in [4.69, 9.17) is 4.74 Å². The van der Waals surface area contributed by atoms with E-state index in [0.717, 1.165) is 49.4 Å². The first-order valence-corrected chi connectivity index (χ1v) is 12.3. The van der Waals surface area contributed by atoms with Gasteiger partial charge in [-0.3, -0.25) is 19.2 Å². The van der Waals surface area contributed by atoms with Gasteiger partial charge in [-0.2, -0.15) is 5.10 Å². The highest BCUT2D eigenvalue weighted by atomic mass is 16.5. The Bertz CT molecular complexity index is 1010. The summed E-state index contributed by atoms with van der Waals surface area (Å²) in [7, 11) is 1.44. The van der Waals surface area contributed by atoms with Crippen molar-refractivity contribution in [2.75, 3.05) is 33.3 Å². The van der Waals surface area contributed by atoms with Crippen molar-refractivity contribution in [3.63, 3.8) is 0 Å². The van der Waals surface area contributed by atoms with Gasteiger partial charge < -0.3 is 15.0 Å². The Kier molecular flexibility index (Phi) is 7.68. The standard InChI is InChI=1S/C26H37N5O3/c1-5-29-11-9-23(10-12-29)30-17-22(15-24(30)26(33)34-4)27-25(32)21-8-6-7-20(14-21)16-31-19(3)13-18(2)28-31/h6-8,13-14,22-24H,5,9-12,15-17H2,1-4H3,(H,27,32)/t22-,24+/m1/s1. The molecule has 1 aromatic carbocycles. The first-order chi connectivity index (χ1) is 16.4. The first-order valence-electron chi connectivity index (χ1n) is 12.3. The largest absolute Gasteiger partial charge is 0.468 e. The van der Waals surface area contributed by atoms with Crippen LogP contribution in [0.1, 0.15) is 53.5 Å². The van der Waals surface area contributed by atoms with Crippen LogP contribution in [-0.4, -0.2) is 82.9 Å². The molecule has 2 aliphatic rings. The highest BCUT2D eigenvalue weighted by Crippen LogP contribution is 2.27. The van der Waals surface area contributed by atoms with Gasteiger partial charge in [0.2, 0.25) is 0 Å². The van der Waals surface area contributed by atoms with Crippen LogP contribution in [0.15, 0.2) is 30.3 Å². The number of methoxy groups -OCH3 is 1. The Labute approximate surface area is 202 Å². The van der Waals surface area contributed by atoms with Gasteiger partial charge in [-0.25, -0.2) is 0 Å². The van der Waals surface area contributed by atoms with Crippen molar-refractivity contribution in [1.29, 1.82) is 0 Å². The SMILES string of the molecule is CCN1CCC(N2C[C@H](NC(=O)c3cccc(Cn4nc(C)cc4C)c3)C[C@H]2C(=O)OC)CC1. The number of carbonyl (C=O) groups excluding carboxylic acids is 2. The third-order valence-electron chi connectivity index (χ3n) is 7.25. The van der Waals surface area contributed by atoms with E-state index in [-0.39, 0.29) is 24.0 Å². The average Bonchev–Trinajstić information content (AvgIpc) is 3.40. The van der Waals surface area contributed by atoms with Crippen LogP contribution in [0.5, 0.6) is 0 Å². The van der Waals surface area contributed by atoms with Crippen LogP contribution in [0, 0.1) is 13.8 Å². The van der Waals surface area contributed by atoms with Gasteiger partial charge in [-0.05, 0) is 76.5 Å². The molecule has 1 aromatic heterocycles. The third-order valence-corrected chi connectivity index (χ3v) is 7.25. The number of rotatable bonds is 7. The lowest BCUT2D eigenvalue weighted by atomic mass is 10.0. The summed E-state index contributed by atoms with van der Waals surface area (Å²) < 4.78 is 7.06. The molecule has 0 bridgehead atoms. The van der Waals surface area contributed by atoms with Gasteiger partial charge in [-0.1, -0.05) is 19.1 Å². The number of nitrogens with one attached hydrogen (secondary N) is 1. The fourth-order valence-corrected chi connectivity index (χ4v) is 5.39. The Balaban J connectivity index is 1.41. The van der Waals surface area contributed by atoms with Crippen LogP contribution >= 0.6 is 0 Å². The molecule has 8 nitrogen and oxygen atoms in total. The summed E-state index contributed by atoms with van der Waals surface area (Å²) in [5.41, 5.74) is 3.74. The monoisotopic (exact) mass is 467 g/mol. The van der Waals surface area contributed by atoms with E-state index >= 15 is 0 Å². The molecule has 34 heavy (non-hydrogen) atoms. The third kappa shape index (κ3) is 5.50. The number of aromatic nitrogens is 2. The minimum atomic E-state index is -0.300. The predicted octanol–water partition coefficient (Wildman–Crippen LogP) is 2.38. The van der Waals surface area contributed by atoms with Crippen LogP contribution in [0.4, 0.5) is 0 Å². The summed E-state index contributed by atoms with van der Waals surface area (Å²) in [4.78, 5) is 30.4. The summed E-state index contributed by atoms with van der Waals surface area (Å²) in [6.45, 7) is 10.6. The minimum Gasteiger partial charge on any atom is -0.468 e. The number of piperidine rings is 1. The predicted molar refractivity (Wildman–Crippen MR) is 131 cm³/mol. The quantitative estimate of drug-likeness (QED) is 0.630. The van der Waals surface area contributed by atoms with E-state index in [1.54, 1.807) is 0 Å². The number of esters is 1. The van der Waals surface area contributed by atoms with Crippen molar-refractivity contribution in [3.05, 3.63) is 52.8 Å². The van der Waals surface area contributed by atoms with E-state index in [1.165, 1.54) is 7.11 Å². The van der Waals surface area contributed by atoms with Crippen molar-refractivity contribution in [2.45, 2.75) is 64.7 Å². The highest BCUT2D eigenvalue weighted by Gasteiger charge is 2.42. The van der Waals surface area contributed by atoms with Gasteiger partial charge in [0, 0.05) is 29.9 Å². The molecular weight excluding hydrogens is 430 g/mol. The van der Waals surface area contributed by atoms with Crippen molar-refractivity contribution in [3.8, 4) is 0 Å². The molecule has 1 N–H and O–H groups in total. The van der Waals surface area contributed by atoms with Gasteiger partial charge in [-0.15, -0.1) is 0 Å². The molecule has 184 valence electrons. The lowest BCUT2D eigenvalue weighted by molar-refractivity contribution is -0.147. The normalized spacial score (nSPS) is 22.1. The summed E-state index contributed by atoms with van der Waals surface area (Å²) in [5, 5.41) is 7.70. The molecule has 0 aliphatic carbocycles. The number of amides is 1. The first kappa shape index (κ1) is 24.4. The van der Waals surface area contributed by atoms with Gasteiger partial charge in [0.1, 0.15) is 6.04 Å². The van der Waals surface area contributed by atoms with Crippen LogP contribution in [-0.2, 0) is 16.1 Å². The Hall–Kier alpha value is -2.71. The lowest BCUT2D eigenvalue weighted by Crippen LogP contribution is -2.49. The number of likely N-dealkylation sites (tertiary alicyclic amines) is 2. The van der Waals surface area contributed by atoms with Crippen LogP contribution < -0.4 is 5.32 Å². The smallest absolute Gasteiger partial charge is 0.323 e. The minimum absolute atomic E-state index is 0.0829. The number of benzene rings is 1. The number of hydrogen-bond acceptors (Lipinski definition) is 6. The van der Waals surface area contributed by atoms with Crippen molar-refractivity contribution in [2.24, 2.45) is 0 Å². The van der Waals surface area contributed by atoms with Gasteiger partial charge >= 0.3 is 5.97 Å². The topological polar surface area (TPSA) is 79.7 Å². The van der Waals surface area contributed by atoms with Crippen molar-refractivity contribution < 1.29 is 14.3 Å². The van der Waals surface area contributed by atoms with E-state index < -0.39 is 0 Å². The molecule has 8 heteroatoms. The molecule has 2 fully saturated rings. The Morgan fingerprint density at radius 3 is 2.59 bits per heavy atom. The number of aryl methyl sites for hydroxylation is 2. The van der Waals surface area contributed by atoms with Crippen LogP contribution in [0.2, 0.25) is 0 Å². The molecule has 3 heterocycles. The second kappa shape index (κ2) is 10.7. The van der Waals surface area contributed by atoms with Crippen LogP contribution in [0.3, 0.4) is 0 Å². The molecule has 2 atom stereocenters. The van der Waals surface area contributed by atoms with E-state index in [2.05, 4.69) is 27.1 Å². The number of ether oxygens (including phenoxy) is 1. The second-order valence-electron chi connectivity index (χ2n) is 9.59. The maximum atomic E-state index is 13.1. The summed E-state index contributed by atoms with van der Waals surface area (Å²) in [6, 6.07) is 9.70. The van der Waals surface area contributed by atoms with E-state index in [9.17, 15) is 9.59 Å². The van der Waals surface area contributed by atoms with Gasteiger partial charge in [0.05, 0.1) is 19.3 Å². The van der Waals surface area contributed by atoms with Crippen molar-refractivity contribution in [1.82, 2.24) is 24.9 Å². The molecule has 4 rings (SSSR count). The van der Waals surface area contributed by atoms with Gasteiger partial charge in [0.15, 0.2) is 0 Å². The van der Waals surface area contributed by atoms with E-state index in [1.807, 2.05) is 48.9 Å². The lowest BCUT2D eigenvalue weighted by Gasteiger charge is -2.38. The number of carbonyl (C=O) groups is 2. The summed E-state index contributed by atoms with van der Waals surface area (Å²) in [5.74, 6) is -0.312. The number of hydrogen-bond donors (Lipinski definition) is 1. The number of nitrogens with zero attached hydrogens (tertiary/aromatic N) is 4. The zero-order valence-corrected chi connectivity index (χ0v) is 20.8. The summed E-state index contributed by atoms with van der Waals surface area (Å²) >= 11 is 0. The molecule has 2 saturated heterocycles. The summed E-state index contributed by atoms with van der Waals surface area (Å²) in [6.07, 6.45) is 2.66. The van der Waals surface area contributed by atoms with Crippen LogP contribution in [0.25, 0.3) is 0 Å². The molecule has 0 saturated carbocycles. The molecule has 0 radical (unpaired) electrons. The molecule has 0 unspecified atom stereocenters. The molecule has 1 amide bonds. The molecule has 2 aliphatic heterocycles. The maximum absolute atomic E-state index is 13.1. The zero-order chi connectivity index (χ0) is 24.2. The fraction of sp³-hybridized carbons (Fsp3) is 0.577. The molecule has 0 spiro atoms. The zero-order valence-electron chi connectivity index (χ0n) is 20.8. The van der Waals surface area contributed by atoms with Gasteiger partial charge in [0.25, 0.3) is 5.91 Å². The maximum Gasteiger partial charge on any atom is 0.323 e. The fourth-order valence-electron chi connectivity index (χ4n) is 5.39. The second-order valence-corrected chi connectivity index (χ2v) is 9.59. The van der Waals surface area contributed by atoms with Crippen molar-refractivity contribution >= 4 is 11.9 Å².